The van der Waals surface area contributed by atoms with Gasteiger partial charge in [0.2, 0.25) is 0 Å². The molecule has 80 valence electrons. The molecule has 1 aromatic carbocycles. The lowest BCUT2D eigenvalue weighted by Crippen LogP contribution is -2.16. The first-order valence-corrected chi connectivity index (χ1v) is 4.48. The summed E-state index contributed by atoms with van der Waals surface area (Å²) >= 11 is 5.79. The van der Waals surface area contributed by atoms with Gasteiger partial charge in [0.1, 0.15) is 6.61 Å². The predicted molar refractivity (Wildman–Crippen MR) is 53.1 cm³/mol. The van der Waals surface area contributed by atoms with Crippen molar-refractivity contribution in [2.75, 3.05) is 6.54 Å². The smallest absolute Gasteiger partial charge is 0.378 e. The standard InChI is InChI=1S/C9H8ClNO4/c10-8-4-2-1-3-7(8)6-15-9(12)5-11(13)14/h1-4H,5-6H2. The van der Waals surface area contributed by atoms with E-state index in [9.17, 15) is 14.9 Å². The molecular formula is C9H8ClNO4. The zero-order valence-electron chi connectivity index (χ0n) is 7.68. The van der Waals surface area contributed by atoms with Crippen molar-refractivity contribution in [3.05, 3.63) is 45.0 Å². The first kappa shape index (κ1) is 11.5. The Labute approximate surface area is 90.8 Å². The van der Waals surface area contributed by atoms with Crippen LogP contribution in [0.3, 0.4) is 0 Å². The van der Waals surface area contributed by atoms with Gasteiger partial charge in [0, 0.05) is 15.5 Å². The topological polar surface area (TPSA) is 69.4 Å². The van der Waals surface area contributed by atoms with Crippen LogP contribution in [0, 0.1) is 10.1 Å². The van der Waals surface area contributed by atoms with Gasteiger partial charge in [0.05, 0.1) is 0 Å². The second kappa shape index (κ2) is 5.31. The molecule has 0 aromatic heterocycles. The number of esters is 1. The van der Waals surface area contributed by atoms with Crippen LogP contribution in [-0.4, -0.2) is 17.4 Å². The van der Waals surface area contributed by atoms with E-state index < -0.39 is 17.4 Å². The van der Waals surface area contributed by atoms with Gasteiger partial charge >= 0.3 is 5.97 Å². The van der Waals surface area contributed by atoms with E-state index in [2.05, 4.69) is 4.74 Å². The van der Waals surface area contributed by atoms with Crippen molar-refractivity contribution in [2.24, 2.45) is 0 Å². The van der Waals surface area contributed by atoms with Crippen LogP contribution in [0.2, 0.25) is 5.02 Å². The number of benzene rings is 1. The lowest BCUT2D eigenvalue weighted by molar-refractivity contribution is -0.470. The summed E-state index contributed by atoms with van der Waals surface area (Å²) in [6.07, 6.45) is 0. The van der Waals surface area contributed by atoms with Crippen LogP contribution in [0.25, 0.3) is 0 Å². The summed E-state index contributed by atoms with van der Waals surface area (Å²) in [6.45, 7) is -0.878. The molecule has 0 aliphatic carbocycles. The van der Waals surface area contributed by atoms with Crippen LogP contribution in [0.1, 0.15) is 5.56 Å². The quantitative estimate of drug-likeness (QED) is 0.447. The normalized spacial score (nSPS) is 9.67. The number of carbonyl (C=O) groups excluding carboxylic acids is 1. The van der Waals surface area contributed by atoms with Gasteiger partial charge in [0.25, 0.3) is 6.54 Å². The average Bonchev–Trinajstić information content (AvgIpc) is 2.15. The number of ether oxygens (including phenoxy) is 1. The van der Waals surface area contributed by atoms with Gasteiger partial charge in [-0.3, -0.25) is 10.1 Å². The summed E-state index contributed by atoms with van der Waals surface area (Å²) in [6, 6.07) is 6.81. The van der Waals surface area contributed by atoms with Crippen molar-refractivity contribution >= 4 is 17.6 Å². The maximum absolute atomic E-state index is 10.8. The SMILES string of the molecule is O=C(C[N+](=O)[O-])OCc1ccccc1Cl. The number of nitrogens with zero attached hydrogens (tertiary/aromatic N) is 1. The molecule has 0 fully saturated rings. The number of halogens is 1. The summed E-state index contributed by atoms with van der Waals surface area (Å²) in [7, 11) is 0. The van der Waals surface area contributed by atoms with Gasteiger partial charge in [0.15, 0.2) is 0 Å². The molecule has 6 heteroatoms. The van der Waals surface area contributed by atoms with Crippen LogP contribution in [0.4, 0.5) is 0 Å². The molecule has 0 saturated heterocycles. The van der Waals surface area contributed by atoms with Crippen molar-refractivity contribution in [3.8, 4) is 0 Å². The lowest BCUT2D eigenvalue weighted by Gasteiger charge is -2.03. The van der Waals surface area contributed by atoms with Crippen LogP contribution in [0.5, 0.6) is 0 Å². The highest BCUT2D eigenvalue weighted by Crippen LogP contribution is 2.15. The van der Waals surface area contributed by atoms with Crippen molar-refractivity contribution in [1.29, 1.82) is 0 Å². The van der Waals surface area contributed by atoms with Gasteiger partial charge in [-0.05, 0) is 6.07 Å². The minimum Gasteiger partial charge on any atom is -0.456 e. The molecule has 5 nitrogen and oxygen atoms in total. The molecule has 0 aliphatic heterocycles. The van der Waals surface area contributed by atoms with Crippen LogP contribution in [0.15, 0.2) is 24.3 Å². The third-order valence-electron chi connectivity index (χ3n) is 1.60. The monoisotopic (exact) mass is 229 g/mol. The fraction of sp³-hybridized carbons (Fsp3) is 0.222. The van der Waals surface area contributed by atoms with E-state index in [1.165, 1.54) is 0 Å². The summed E-state index contributed by atoms with van der Waals surface area (Å²) in [4.78, 5) is 20.1. The van der Waals surface area contributed by atoms with Gasteiger partial charge in [-0.25, -0.2) is 4.79 Å². The van der Waals surface area contributed by atoms with Crippen molar-refractivity contribution in [1.82, 2.24) is 0 Å². The highest BCUT2D eigenvalue weighted by molar-refractivity contribution is 6.31. The minimum absolute atomic E-state index is 0.0493. The van der Waals surface area contributed by atoms with Crippen LogP contribution < -0.4 is 0 Å². The van der Waals surface area contributed by atoms with Crippen molar-refractivity contribution in [3.63, 3.8) is 0 Å². The van der Waals surface area contributed by atoms with Gasteiger partial charge in [-0.1, -0.05) is 29.8 Å². The third-order valence-corrected chi connectivity index (χ3v) is 1.97. The molecule has 0 amide bonds. The Balaban J connectivity index is 2.47. The Morgan fingerprint density at radius 3 is 2.73 bits per heavy atom. The molecule has 0 atom stereocenters. The van der Waals surface area contributed by atoms with E-state index in [1.54, 1.807) is 24.3 Å². The third kappa shape index (κ3) is 3.95. The molecule has 0 radical (unpaired) electrons. The van der Waals surface area contributed by atoms with E-state index >= 15 is 0 Å². The molecule has 0 bridgehead atoms. The van der Waals surface area contributed by atoms with Gasteiger partial charge in [-0.15, -0.1) is 0 Å². The number of nitro groups is 1. The molecule has 15 heavy (non-hydrogen) atoms. The van der Waals surface area contributed by atoms with E-state index in [0.717, 1.165) is 0 Å². The largest absolute Gasteiger partial charge is 0.456 e. The Hall–Kier alpha value is -1.62. The maximum atomic E-state index is 10.8. The Morgan fingerprint density at radius 2 is 2.13 bits per heavy atom. The van der Waals surface area contributed by atoms with Gasteiger partial charge in [-0.2, -0.15) is 0 Å². The number of rotatable bonds is 4. The summed E-state index contributed by atoms with van der Waals surface area (Å²) < 4.78 is 4.65. The molecule has 1 aromatic rings. The van der Waals surface area contributed by atoms with Crippen molar-refractivity contribution < 1.29 is 14.5 Å². The van der Waals surface area contributed by atoms with E-state index in [1.807, 2.05) is 0 Å². The van der Waals surface area contributed by atoms with E-state index in [4.69, 9.17) is 11.6 Å². The zero-order chi connectivity index (χ0) is 11.3. The van der Waals surface area contributed by atoms with E-state index in [-0.39, 0.29) is 6.61 Å². The molecule has 0 N–H and O–H groups in total. The van der Waals surface area contributed by atoms with E-state index in [0.29, 0.717) is 10.6 Å². The number of hydrogen-bond acceptors (Lipinski definition) is 4. The molecular weight excluding hydrogens is 222 g/mol. The van der Waals surface area contributed by atoms with Crippen molar-refractivity contribution in [2.45, 2.75) is 6.61 Å². The molecule has 0 saturated carbocycles. The maximum Gasteiger partial charge on any atom is 0.378 e. The zero-order valence-corrected chi connectivity index (χ0v) is 8.44. The first-order valence-electron chi connectivity index (χ1n) is 4.10. The average molecular weight is 230 g/mol. The second-order valence-corrected chi connectivity index (χ2v) is 3.15. The Morgan fingerprint density at radius 1 is 1.47 bits per heavy atom. The molecule has 1 rings (SSSR count). The highest BCUT2D eigenvalue weighted by atomic mass is 35.5. The summed E-state index contributed by atoms with van der Waals surface area (Å²) in [5.41, 5.74) is 0.621. The Bertz CT molecular complexity index is 380. The minimum atomic E-state index is -0.875. The van der Waals surface area contributed by atoms with Gasteiger partial charge < -0.3 is 4.74 Å². The molecule has 0 aliphatic rings. The lowest BCUT2D eigenvalue weighted by atomic mass is 10.2. The number of hydrogen-bond donors (Lipinski definition) is 0. The summed E-state index contributed by atoms with van der Waals surface area (Å²) in [5, 5.41) is 10.4. The van der Waals surface area contributed by atoms with Crippen LogP contribution in [-0.2, 0) is 16.1 Å². The predicted octanol–water partition coefficient (Wildman–Crippen LogP) is 1.66. The number of carbonyl (C=O) groups is 1. The molecule has 0 heterocycles. The fourth-order valence-electron chi connectivity index (χ4n) is 0.925. The molecule has 0 spiro atoms. The Kier molecular flexibility index (Phi) is 4.05. The first-order chi connectivity index (χ1) is 7.09. The fourth-order valence-corrected chi connectivity index (χ4v) is 1.12. The summed E-state index contributed by atoms with van der Waals surface area (Å²) in [5.74, 6) is -0.875. The molecule has 0 unspecified atom stereocenters. The second-order valence-electron chi connectivity index (χ2n) is 2.74. The van der Waals surface area contributed by atoms with Crippen LogP contribution >= 0.6 is 11.6 Å². The highest BCUT2D eigenvalue weighted by Gasteiger charge is 2.11.